The zero-order valence-electron chi connectivity index (χ0n) is 13.0. The number of benzene rings is 1. The van der Waals surface area contributed by atoms with Crippen molar-refractivity contribution in [2.45, 2.75) is 45.2 Å². The lowest BCUT2D eigenvalue weighted by Gasteiger charge is -2.38. The molecule has 1 aromatic carbocycles. The molecule has 0 bridgehead atoms. The van der Waals surface area contributed by atoms with Gasteiger partial charge in [-0.05, 0) is 45.2 Å². The van der Waals surface area contributed by atoms with Crippen LogP contribution < -0.4 is 10.5 Å². The second-order valence-electron chi connectivity index (χ2n) is 5.66. The van der Waals surface area contributed by atoms with Crippen LogP contribution in [0.1, 0.15) is 31.7 Å². The monoisotopic (exact) mass is 346 g/mol. The summed E-state index contributed by atoms with van der Waals surface area (Å²) < 4.78 is 5.64. The minimum Gasteiger partial charge on any atom is -0.483 e. The third-order valence-electron chi connectivity index (χ3n) is 4.05. The summed E-state index contributed by atoms with van der Waals surface area (Å²) in [4.78, 5) is 14.3. The largest absolute Gasteiger partial charge is 0.483 e. The van der Waals surface area contributed by atoms with E-state index in [0.717, 1.165) is 31.4 Å². The molecule has 2 atom stereocenters. The van der Waals surface area contributed by atoms with Gasteiger partial charge in [0.2, 0.25) is 0 Å². The Morgan fingerprint density at radius 1 is 1.50 bits per heavy atom. The minimum atomic E-state index is -0.0119. The Balaban J connectivity index is 0.00000242. The first kappa shape index (κ1) is 19.1. The number of ether oxygens (including phenoxy) is 1. The summed E-state index contributed by atoms with van der Waals surface area (Å²) in [7, 11) is 0. The van der Waals surface area contributed by atoms with Gasteiger partial charge in [0, 0.05) is 29.2 Å². The molecule has 2 unspecified atom stereocenters. The molecule has 0 aromatic heterocycles. The fourth-order valence-corrected chi connectivity index (χ4v) is 2.95. The van der Waals surface area contributed by atoms with Gasteiger partial charge in [0.05, 0.1) is 0 Å². The summed E-state index contributed by atoms with van der Waals surface area (Å²) in [6.45, 7) is 4.64. The number of piperidine rings is 1. The van der Waals surface area contributed by atoms with Crippen LogP contribution in [0.5, 0.6) is 5.75 Å². The molecule has 1 aromatic rings. The second kappa shape index (κ2) is 8.61. The van der Waals surface area contributed by atoms with Crippen molar-refractivity contribution in [3.05, 3.63) is 28.8 Å². The van der Waals surface area contributed by atoms with Crippen molar-refractivity contribution < 1.29 is 9.53 Å². The SMILES string of the molecule is Cc1c(Cl)cccc1OCC(=O)N1CCCCC1C(C)N.Cl. The number of halogens is 2. The predicted molar refractivity (Wildman–Crippen MR) is 91.9 cm³/mol. The lowest BCUT2D eigenvalue weighted by molar-refractivity contribution is -0.137. The van der Waals surface area contributed by atoms with Crippen molar-refractivity contribution >= 4 is 29.9 Å². The molecule has 0 aliphatic carbocycles. The number of likely N-dealkylation sites (tertiary alicyclic amines) is 1. The molecule has 6 heteroatoms. The van der Waals surface area contributed by atoms with Crippen LogP contribution in [-0.4, -0.2) is 36.0 Å². The lowest BCUT2D eigenvalue weighted by atomic mass is 9.97. The third kappa shape index (κ3) is 4.51. The fourth-order valence-electron chi connectivity index (χ4n) is 2.78. The summed E-state index contributed by atoms with van der Waals surface area (Å²) in [6, 6.07) is 5.56. The highest BCUT2D eigenvalue weighted by atomic mass is 35.5. The van der Waals surface area contributed by atoms with E-state index in [1.807, 2.05) is 36.9 Å². The maximum Gasteiger partial charge on any atom is 0.260 e. The van der Waals surface area contributed by atoms with E-state index in [1.165, 1.54) is 0 Å². The number of carbonyl (C=O) groups excluding carboxylic acids is 1. The van der Waals surface area contributed by atoms with Crippen LogP contribution in [-0.2, 0) is 4.79 Å². The van der Waals surface area contributed by atoms with Crippen LogP contribution in [0.3, 0.4) is 0 Å². The van der Waals surface area contributed by atoms with Crippen LogP contribution >= 0.6 is 24.0 Å². The van der Waals surface area contributed by atoms with E-state index in [1.54, 1.807) is 0 Å². The van der Waals surface area contributed by atoms with E-state index in [2.05, 4.69) is 0 Å². The van der Waals surface area contributed by atoms with Crippen LogP contribution in [0, 0.1) is 6.92 Å². The first-order valence-electron chi connectivity index (χ1n) is 7.43. The normalized spacial score (nSPS) is 19.3. The molecule has 1 heterocycles. The van der Waals surface area contributed by atoms with Gasteiger partial charge >= 0.3 is 0 Å². The van der Waals surface area contributed by atoms with Gasteiger partial charge in [-0.25, -0.2) is 0 Å². The number of carbonyl (C=O) groups is 1. The Hall–Kier alpha value is -0.970. The Morgan fingerprint density at radius 2 is 2.23 bits per heavy atom. The number of hydrogen-bond donors (Lipinski definition) is 1. The van der Waals surface area contributed by atoms with Crippen molar-refractivity contribution in [1.29, 1.82) is 0 Å². The van der Waals surface area contributed by atoms with Crippen LogP contribution in [0.4, 0.5) is 0 Å². The Kier molecular flexibility index (Phi) is 7.46. The molecule has 2 rings (SSSR count). The molecular formula is C16H24Cl2N2O2. The Bertz CT molecular complexity index is 509. The minimum absolute atomic E-state index is 0. The van der Waals surface area contributed by atoms with Gasteiger partial charge < -0.3 is 15.4 Å². The first-order valence-corrected chi connectivity index (χ1v) is 7.81. The standard InChI is InChI=1S/C16H23ClN2O2.ClH/c1-11-13(17)6-5-8-15(11)21-10-16(20)19-9-4-3-7-14(19)12(2)18;/h5-6,8,12,14H,3-4,7,9-10,18H2,1-2H3;1H. The number of hydrogen-bond acceptors (Lipinski definition) is 3. The van der Waals surface area contributed by atoms with E-state index in [0.29, 0.717) is 10.8 Å². The number of nitrogens with two attached hydrogens (primary N) is 1. The molecular weight excluding hydrogens is 323 g/mol. The highest BCUT2D eigenvalue weighted by Gasteiger charge is 2.29. The third-order valence-corrected chi connectivity index (χ3v) is 4.46. The van der Waals surface area contributed by atoms with Crippen molar-refractivity contribution in [3.63, 3.8) is 0 Å². The summed E-state index contributed by atoms with van der Waals surface area (Å²) in [5.41, 5.74) is 6.85. The second-order valence-corrected chi connectivity index (χ2v) is 6.07. The molecule has 1 fully saturated rings. The fraction of sp³-hybridized carbons (Fsp3) is 0.562. The van der Waals surface area contributed by atoms with E-state index >= 15 is 0 Å². The number of nitrogens with zero attached hydrogens (tertiary/aromatic N) is 1. The first-order chi connectivity index (χ1) is 10.0. The van der Waals surface area contributed by atoms with Gasteiger partial charge in [0.1, 0.15) is 5.75 Å². The molecule has 124 valence electrons. The smallest absolute Gasteiger partial charge is 0.260 e. The molecule has 0 saturated carbocycles. The predicted octanol–water partition coefficient (Wildman–Crippen LogP) is 3.18. The Labute approximate surface area is 143 Å². The van der Waals surface area contributed by atoms with Crippen LogP contribution in [0.2, 0.25) is 5.02 Å². The molecule has 1 aliphatic rings. The summed E-state index contributed by atoms with van der Waals surface area (Å²) in [5.74, 6) is 0.654. The van der Waals surface area contributed by atoms with E-state index in [9.17, 15) is 4.79 Å². The highest BCUT2D eigenvalue weighted by molar-refractivity contribution is 6.31. The number of amides is 1. The maximum atomic E-state index is 12.4. The summed E-state index contributed by atoms with van der Waals surface area (Å²) in [5, 5.41) is 0.645. The molecule has 0 spiro atoms. The van der Waals surface area contributed by atoms with Crippen LogP contribution in [0.15, 0.2) is 18.2 Å². The van der Waals surface area contributed by atoms with Crippen molar-refractivity contribution in [3.8, 4) is 5.75 Å². The van der Waals surface area contributed by atoms with Crippen LogP contribution in [0.25, 0.3) is 0 Å². The van der Waals surface area contributed by atoms with Crippen molar-refractivity contribution in [1.82, 2.24) is 4.90 Å². The average molecular weight is 347 g/mol. The van der Waals surface area contributed by atoms with Crippen molar-refractivity contribution in [2.75, 3.05) is 13.2 Å². The molecule has 4 nitrogen and oxygen atoms in total. The highest BCUT2D eigenvalue weighted by Crippen LogP contribution is 2.25. The molecule has 1 amide bonds. The van der Waals surface area contributed by atoms with Gasteiger partial charge in [0.15, 0.2) is 6.61 Å². The Morgan fingerprint density at radius 3 is 2.91 bits per heavy atom. The van der Waals surface area contributed by atoms with Gasteiger partial charge in [-0.2, -0.15) is 0 Å². The van der Waals surface area contributed by atoms with E-state index in [-0.39, 0.29) is 37.0 Å². The quantitative estimate of drug-likeness (QED) is 0.910. The molecule has 1 saturated heterocycles. The molecule has 1 aliphatic heterocycles. The summed E-state index contributed by atoms with van der Waals surface area (Å²) >= 11 is 6.05. The molecule has 0 radical (unpaired) electrons. The zero-order chi connectivity index (χ0) is 15.4. The lowest BCUT2D eigenvalue weighted by Crippen LogP contribution is -2.52. The average Bonchev–Trinajstić information content (AvgIpc) is 2.48. The molecule has 2 N–H and O–H groups in total. The van der Waals surface area contributed by atoms with Gasteiger partial charge in [-0.1, -0.05) is 17.7 Å². The van der Waals surface area contributed by atoms with E-state index < -0.39 is 0 Å². The topological polar surface area (TPSA) is 55.6 Å². The number of rotatable bonds is 4. The van der Waals surface area contributed by atoms with Crippen molar-refractivity contribution in [2.24, 2.45) is 5.73 Å². The van der Waals surface area contributed by atoms with Gasteiger partial charge in [-0.15, -0.1) is 12.4 Å². The van der Waals surface area contributed by atoms with Gasteiger partial charge in [-0.3, -0.25) is 4.79 Å². The van der Waals surface area contributed by atoms with Gasteiger partial charge in [0.25, 0.3) is 5.91 Å². The maximum absolute atomic E-state index is 12.4. The molecule has 22 heavy (non-hydrogen) atoms. The zero-order valence-corrected chi connectivity index (χ0v) is 14.6. The summed E-state index contributed by atoms with van der Waals surface area (Å²) in [6.07, 6.45) is 3.13. The van der Waals surface area contributed by atoms with E-state index in [4.69, 9.17) is 22.1 Å².